The molecule has 1 unspecified atom stereocenters. The summed E-state index contributed by atoms with van der Waals surface area (Å²) in [5, 5.41) is 0. The summed E-state index contributed by atoms with van der Waals surface area (Å²) < 4.78 is 18.6. The highest BCUT2D eigenvalue weighted by Crippen LogP contribution is 2.28. The number of benzene rings is 1. The molecule has 2 nitrogen and oxygen atoms in total. The molecule has 1 atom stereocenters. The lowest BCUT2D eigenvalue weighted by Gasteiger charge is -2.32. The van der Waals surface area contributed by atoms with Crippen molar-refractivity contribution in [3.8, 4) is 0 Å². The molecular weight excluding hydrogens is 205 g/mol. The minimum atomic E-state index is -0.447. The van der Waals surface area contributed by atoms with Gasteiger partial charge in [-0.1, -0.05) is 6.07 Å². The Morgan fingerprint density at radius 2 is 2.06 bits per heavy atom. The number of rotatable bonds is 4. The summed E-state index contributed by atoms with van der Waals surface area (Å²) in [5.41, 5.74) is 7.51. The molecule has 2 N–H and O–H groups in total. The van der Waals surface area contributed by atoms with Gasteiger partial charge in [-0.05, 0) is 51.0 Å². The zero-order valence-corrected chi connectivity index (χ0v) is 10.4. The summed E-state index contributed by atoms with van der Waals surface area (Å²) in [6.45, 7) is 8.31. The van der Waals surface area contributed by atoms with E-state index in [0.29, 0.717) is 6.61 Å². The van der Waals surface area contributed by atoms with Crippen LogP contribution in [0.4, 0.5) is 4.39 Å². The Bertz CT molecular complexity index is 363. The molecule has 1 aromatic rings. The highest BCUT2D eigenvalue weighted by atomic mass is 19.1. The van der Waals surface area contributed by atoms with Crippen LogP contribution in [0, 0.1) is 12.7 Å². The lowest BCUT2D eigenvalue weighted by Crippen LogP contribution is -2.38. The van der Waals surface area contributed by atoms with Crippen molar-refractivity contribution in [1.29, 1.82) is 0 Å². The lowest BCUT2D eigenvalue weighted by atomic mass is 9.89. The molecule has 0 aliphatic carbocycles. The molecule has 0 bridgehead atoms. The molecule has 3 heteroatoms. The molecule has 0 spiro atoms. The van der Waals surface area contributed by atoms with Crippen molar-refractivity contribution in [2.45, 2.75) is 39.3 Å². The Kier molecular flexibility index (Phi) is 4.05. The van der Waals surface area contributed by atoms with E-state index in [9.17, 15) is 4.39 Å². The molecule has 0 radical (unpaired) electrons. The van der Waals surface area contributed by atoms with Crippen LogP contribution in [0.5, 0.6) is 0 Å². The highest BCUT2D eigenvalue weighted by molar-refractivity contribution is 5.31. The van der Waals surface area contributed by atoms with E-state index in [2.05, 4.69) is 0 Å². The normalized spacial score (nSPS) is 13.9. The Morgan fingerprint density at radius 3 is 2.56 bits per heavy atom. The van der Waals surface area contributed by atoms with Crippen LogP contribution >= 0.6 is 0 Å². The minimum Gasteiger partial charge on any atom is -0.374 e. The summed E-state index contributed by atoms with van der Waals surface area (Å²) in [5.74, 6) is -0.234. The van der Waals surface area contributed by atoms with Crippen LogP contribution in [-0.4, -0.2) is 12.2 Å². The monoisotopic (exact) mass is 225 g/mol. The van der Waals surface area contributed by atoms with Gasteiger partial charge in [-0.15, -0.1) is 0 Å². The standard InChI is InChI=1S/C13H20FNO/c1-5-16-13(3,4)12(15)11-7-6-10(14)8-9(11)2/h6-8,12H,5,15H2,1-4H3. The molecule has 16 heavy (non-hydrogen) atoms. The van der Waals surface area contributed by atoms with Crippen molar-refractivity contribution >= 4 is 0 Å². The van der Waals surface area contributed by atoms with Gasteiger partial charge in [0.05, 0.1) is 11.6 Å². The molecule has 90 valence electrons. The van der Waals surface area contributed by atoms with Crippen molar-refractivity contribution in [1.82, 2.24) is 0 Å². The first-order valence-corrected chi connectivity index (χ1v) is 5.54. The third kappa shape index (κ3) is 2.80. The van der Waals surface area contributed by atoms with Crippen molar-refractivity contribution in [2.24, 2.45) is 5.73 Å². The summed E-state index contributed by atoms with van der Waals surface area (Å²) in [4.78, 5) is 0. The molecule has 1 rings (SSSR count). The average molecular weight is 225 g/mol. The van der Waals surface area contributed by atoms with E-state index in [4.69, 9.17) is 10.5 Å². The third-order valence-electron chi connectivity index (χ3n) is 2.83. The van der Waals surface area contributed by atoms with Gasteiger partial charge in [0.2, 0.25) is 0 Å². The fraction of sp³-hybridized carbons (Fsp3) is 0.538. The summed E-state index contributed by atoms with van der Waals surface area (Å²) in [7, 11) is 0. The zero-order chi connectivity index (χ0) is 12.3. The first-order chi connectivity index (χ1) is 7.38. The topological polar surface area (TPSA) is 35.2 Å². The van der Waals surface area contributed by atoms with Crippen molar-refractivity contribution < 1.29 is 9.13 Å². The molecule has 1 aromatic carbocycles. The predicted molar refractivity (Wildman–Crippen MR) is 63.8 cm³/mol. The van der Waals surface area contributed by atoms with Crippen LogP contribution in [0.3, 0.4) is 0 Å². The van der Waals surface area contributed by atoms with Gasteiger partial charge >= 0.3 is 0 Å². The van der Waals surface area contributed by atoms with Crippen molar-refractivity contribution in [3.63, 3.8) is 0 Å². The van der Waals surface area contributed by atoms with Gasteiger partial charge in [-0.2, -0.15) is 0 Å². The maximum atomic E-state index is 13.0. The van der Waals surface area contributed by atoms with Crippen LogP contribution in [0.2, 0.25) is 0 Å². The molecular formula is C13H20FNO. The van der Waals surface area contributed by atoms with E-state index in [1.54, 1.807) is 6.07 Å². The Balaban J connectivity index is 3.00. The smallest absolute Gasteiger partial charge is 0.123 e. The second-order valence-corrected chi connectivity index (χ2v) is 4.52. The minimum absolute atomic E-state index is 0.234. The first-order valence-electron chi connectivity index (χ1n) is 5.54. The van der Waals surface area contributed by atoms with Gasteiger partial charge in [-0.3, -0.25) is 0 Å². The van der Waals surface area contributed by atoms with Crippen LogP contribution in [0.15, 0.2) is 18.2 Å². The quantitative estimate of drug-likeness (QED) is 0.855. The molecule has 0 saturated carbocycles. The second kappa shape index (κ2) is 4.93. The van der Waals surface area contributed by atoms with Gasteiger partial charge in [-0.25, -0.2) is 4.39 Å². The van der Waals surface area contributed by atoms with E-state index in [1.165, 1.54) is 12.1 Å². The second-order valence-electron chi connectivity index (χ2n) is 4.52. The van der Waals surface area contributed by atoms with Gasteiger partial charge in [0.1, 0.15) is 5.82 Å². The van der Waals surface area contributed by atoms with Crippen molar-refractivity contribution in [3.05, 3.63) is 35.1 Å². The summed E-state index contributed by atoms with van der Waals surface area (Å²) in [6, 6.07) is 4.41. The highest BCUT2D eigenvalue weighted by Gasteiger charge is 2.29. The fourth-order valence-corrected chi connectivity index (χ4v) is 1.82. The Morgan fingerprint density at radius 1 is 1.44 bits per heavy atom. The largest absolute Gasteiger partial charge is 0.374 e. The van der Waals surface area contributed by atoms with E-state index >= 15 is 0 Å². The van der Waals surface area contributed by atoms with Crippen LogP contribution in [-0.2, 0) is 4.74 Å². The molecule has 0 aliphatic rings. The zero-order valence-electron chi connectivity index (χ0n) is 10.4. The fourth-order valence-electron chi connectivity index (χ4n) is 1.82. The number of hydrogen-bond acceptors (Lipinski definition) is 2. The van der Waals surface area contributed by atoms with Crippen molar-refractivity contribution in [2.75, 3.05) is 6.61 Å². The maximum absolute atomic E-state index is 13.0. The average Bonchev–Trinajstić information content (AvgIpc) is 2.16. The molecule has 0 saturated heterocycles. The molecule has 0 amide bonds. The molecule has 0 heterocycles. The van der Waals surface area contributed by atoms with E-state index in [1.807, 2.05) is 27.7 Å². The lowest BCUT2D eigenvalue weighted by molar-refractivity contribution is -0.0299. The Labute approximate surface area is 96.6 Å². The van der Waals surface area contributed by atoms with Crippen LogP contribution in [0.25, 0.3) is 0 Å². The number of ether oxygens (including phenoxy) is 1. The first kappa shape index (κ1) is 13.1. The predicted octanol–water partition coefficient (Wildman–Crippen LogP) is 2.95. The van der Waals surface area contributed by atoms with Gasteiger partial charge in [0, 0.05) is 6.61 Å². The molecule has 0 aliphatic heterocycles. The molecule has 0 fully saturated rings. The SMILES string of the molecule is CCOC(C)(C)C(N)c1ccc(F)cc1C. The summed E-state index contributed by atoms with van der Waals surface area (Å²) >= 11 is 0. The van der Waals surface area contributed by atoms with E-state index in [0.717, 1.165) is 11.1 Å². The molecule has 0 aromatic heterocycles. The number of hydrogen-bond donors (Lipinski definition) is 1. The number of halogens is 1. The van der Waals surface area contributed by atoms with E-state index < -0.39 is 5.60 Å². The number of nitrogens with two attached hydrogens (primary N) is 1. The summed E-state index contributed by atoms with van der Waals surface area (Å²) in [6.07, 6.45) is 0. The van der Waals surface area contributed by atoms with Crippen LogP contribution < -0.4 is 5.73 Å². The van der Waals surface area contributed by atoms with Gasteiger partial charge in [0.25, 0.3) is 0 Å². The maximum Gasteiger partial charge on any atom is 0.123 e. The number of aryl methyl sites for hydroxylation is 1. The van der Waals surface area contributed by atoms with Crippen LogP contribution in [0.1, 0.15) is 37.9 Å². The van der Waals surface area contributed by atoms with Gasteiger partial charge < -0.3 is 10.5 Å². The van der Waals surface area contributed by atoms with E-state index in [-0.39, 0.29) is 11.9 Å². The third-order valence-corrected chi connectivity index (χ3v) is 2.83. The van der Waals surface area contributed by atoms with Gasteiger partial charge in [0.15, 0.2) is 0 Å². The Hall–Kier alpha value is -0.930.